The Hall–Kier alpha value is -3.39. The van der Waals surface area contributed by atoms with Crippen LogP contribution in [0, 0.1) is 6.92 Å². The van der Waals surface area contributed by atoms with Gasteiger partial charge in [-0.2, -0.15) is 4.98 Å². The molecule has 144 valence electrons. The van der Waals surface area contributed by atoms with Crippen LogP contribution in [0.3, 0.4) is 0 Å². The minimum Gasteiger partial charge on any atom is -0.454 e. The van der Waals surface area contributed by atoms with Crippen LogP contribution < -0.4 is 9.47 Å². The summed E-state index contributed by atoms with van der Waals surface area (Å²) >= 11 is 1.50. The second-order valence-corrected chi connectivity index (χ2v) is 7.44. The number of thioether (sulfide) groups is 1. The van der Waals surface area contributed by atoms with Gasteiger partial charge in [0, 0.05) is 11.1 Å². The van der Waals surface area contributed by atoms with Crippen molar-refractivity contribution in [3.05, 3.63) is 66.1 Å². The van der Waals surface area contributed by atoms with Crippen LogP contribution in [-0.2, 0) is 5.75 Å². The molecule has 0 radical (unpaired) electrons. The average Bonchev–Trinajstić information content (AvgIpc) is 3.42. The van der Waals surface area contributed by atoms with Crippen LogP contribution in [0.1, 0.15) is 11.5 Å². The van der Waals surface area contributed by atoms with Gasteiger partial charge in [0.15, 0.2) is 11.5 Å². The molecule has 0 spiro atoms. The van der Waals surface area contributed by atoms with Crippen molar-refractivity contribution in [3.63, 3.8) is 0 Å². The van der Waals surface area contributed by atoms with Crippen molar-refractivity contribution in [3.8, 4) is 34.1 Å². The Kier molecular flexibility index (Phi) is 4.61. The maximum Gasteiger partial charge on any atom is 0.237 e. The average molecular weight is 404 g/mol. The van der Waals surface area contributed by atoms with E-state index in [0.29, 0.717) is 17.5 Å². The third kappa shape index (κ3) is 3.66. The normalized spacial score (nSPS) is 12.3. The third-order valence-electron chi connectivity index (χ3n) is 4.51. The first-order valence-corrected chi connectivity index (χ1v) is 10.00. The highest BCUT2D eigenvalue weighted by molar-refractivity contribution is 7.98. The maximum absolute atomic E-state index is 5.42. The van der Waals surface area contributed by atoms with E-state index in [9.17, 15) is 0 Å². The van der Waals surface area contributed by atoms with Crippen LogP contribution in [0.2, 0.25) is 0 Å². The Bertz CT molecular complexity index is 1160. The predicted octanol–water partition coefficient (Wildman–Crippen LogP) is 4.52. The zero-order chi connectivity index (χ0) is 19.6. The van der Waals surface area contributed by atoms with Crippen molar-refractivity contribution in [2.24, 2.45) is 0 Å². The molecule has 0 saturated heterocycles. The molecule has 0 aliphatic carbocycles. The summed E-state index contributed by atoms with van der Waals surface area (Å²) in [4.78, 5) is 4.48. The molecule has 0 unspecified atom stereocenters. The second kappa shape index (κ2) is 7.56. The maximum atomic E-state index is 5.42. The molecule has 0 saturated carbocycles. The molecule has 3 heterocycles. The van der Waals surface area contributed by atoms with E-state index in [0.717, 1.165) is 38.9 Å². The monoisotopic (exact) mass is 404 g/mol. The Morgan fingerprint density at radius 3 is 2.72 bits per heavy atom. The summed E-state index contributed by atoms with van der Waals surface area (Å²) in [5.41, 5.74) is 3.78. The lowest BCUT2D eigenvalue weighted by Crippen LogP contribution is -1.93. The van der Waals surface area contributed by atoms with E-state index in [1.807, 2.05) is 61.5 Å². The molecule has 1 aliphatic heterocycles. The minimum atomic E-state index is 0.251. The van der Waals surface area contributed by atoms with Gasteiger partial charge in [-0.1, -0.05) is 41.2 Å². The molecule has 4 aromatic rings. The number of fused-ring (bicyclic) bond motifs is 1. The molecular formula is C21H16N4O3S. The largest absolute Gasteiger partial charge is 0.454 e. The van der Waals surface area contributed by atoms with Gasteiger partial charge in [-0.3, -0.25) is 0 Å². The fourth-order valence-electron chi connectivity index (χ4n) is 2.99. The van der Waals surface area contributed by atoms with Gasteiger partial charge in [0.1, 0.15) is 5.03 Å². The summed E-state index contributed by atoms with van der Waals surface area (Å²) in [7, 11) is 0. The predicted molar refractivity (Wildman–Crippen MR) is 108 cm³/mol. The number of aryl methyl sites for hydroxylation is 1. The summed E-state index contributed by atoms with van der Waals surface area (Å²) in [5, 5.41) is 13.5. The van der Waals surface area contributed by atoms with Gasteiger partial charge in [0.25, 0.3) is 0 Å². The van der Waals surface area contributed by atoms with E-state index in [1.165, 1.54) is 11.8 Å². The minimum absolute atomic E-state index is 0.251. The highest BCUT2D eigenvalue weighted by Gasteiger charge is 2.15. The summed E-state index contributed by atoms with van der Waals surface area (Å²) in [5.74, 6) is 3.15. The molecule has 29 heavy (non-hydrogen) atoms. The molecule has 8 heteroatoms. The van der Waals surface area contributed by atoms with Crippen LogP contribution in [0.25, 0.3) is 22.6 Å². The lowest BCUT2D eigenvalue weighted by Gasteiger charge is -2.03. The van der Waals surface area contributed by atoms with Crippen LogP contribution in [0.15, 0.2) is 64.1 Å². The fraction of sp³-hybridized carbons (Fsp3) is 0.143. The molecule has 2 aromatic carbocycles. The molecule has 2 aromatic heterocycles. The number of nitrogens with zero attached hydrogens (tertiary/aromatic N) is 4. The Morgan fingerprint density at radius 2 is 1.86 bits per heavy atom. The first-order chi connectivity index (χ1) is 14.3. The van der Waals surface area contributed by atoms with E-state index >= 15 is 0 Å². The van der Waals surface area contributed by atoms with Gasteiger partial charge in [-0.15, -0.1) is 10.2 Å². The summed E-state index contributed by atoms with van der Waals surface area (Å²) in [6.07, 6.45) is 0. The van der Waals surface area contributed by atoms with Crippen molar-refractivity contribution < 1.29 is 14.0 Å². The van der Waals surface area contributed by atoms with Crippen molar-refractivity contribution in [1.82, 2.24) is 20.3 Å². The van der Waals surface area contributed by atoms with Crippen molar-refractivity contribution in [1.29, 1.82) is 0 Å². The van der Waals surface area contributed by atoms with Crippen LogP contribution in [-0.4, -0.2) is 27.1 Å². The van der Waals surface area contributed by atoms with Gasteiger partial charge in [0.05, 0.1) is 11.4 Å². The lowest BCUT2D eigenvalue weighted by atomic mass is 10.1. The third-order valence-corrected chi connectivity index (χ3v) is 5.41. The summed E-state index contributed by atoms with van der Waals surface area (Å²) < 4.78 is 16.1. The molecule has 0 N–H and O–H groups in total. The number of benzene rings is 2. The topological polar surface area (TPSA) is 83.2 Å². The second-order valence-electron chi connectivity index (χ2n) is 6.44. The van der Waals surface area contributed by atoms with Gasteiger partial charge >= 0.3 is 0 Å². The van der Waals surface area contributed by atoms with Gasteiger partial charge < -0.3 is 14.0 Å². The van der Waals surface area contributed by atoms with E-state index in [2.05, 4.69) is 20.3 Å². The summed E-state index contributed by atoms with van der Waals surface area (Å²) in [6.45, 7) is 2.28. The lowest BCUT2D eigenvalue weighted by molar-refractivity contribution is 0.174. The van der Waals surface area contributed by atoms with Crippen molar-refractivity contribution in [2.45, 2.75) is 17.7 Å². The molecule has 7 nitrogen and oxygen atoms in total. The number of rotatable bonds is 5. The van der Waals surface area contributed by atoms with Gasteiger partial charge in [-0.25, -0.2) is 0 Å². The molecular weight excluding hydrogens is 388 g/mol. The van der Waals surface area contributed by atoms with Gasteiger partial charge in [-0.05, 0) is 42.8 Å². The molecule has 0 fully saturated rings. The molecule has 1 aliphatic rings. The van der Waals surface area contributed by atoms with E-state index in [1.54, 1.807) is 0 Å². The highest BCUT2D eigenvalue weighted by Crippen LogP contribution is 2.35. The van der Waals surface area contributed by atoms with Crippen molar-refractivity contribution in [2.75, 3.05) is 6.79 Å². The smallest absolute Gasteiger partial charge is 0.237 e. The van der Waals surface area contributed by atoms with Crippen LogP contribution >= 0.6 is 11.8 Å². The molecule has 0 amide bonds. The Balaban J connectivity index is 1.26. The number of aromatic nitrogens is 4. The van der Waals surface area contributed by atoms with E-state index in [4.69, 9.17) is 14.0 Å². The van der Waals surface area contributed by atoms with Crippen molar-refractivity contribution >= 4 is 11.8 Å². The number of hydrogen-bond acceptors (Lipinski definition) is 8. The SMILES string of the molecule is Cc1ccccc1-c1noc(CSc2ccc(-c3ccc4c(c3)OCO4)nn2)n1. The zero-order valence-corrected chi connectivity index (χ0v) is 16.3. The molecule has 0 bridgehead atoms. The number of ether oxygens (including phenoxy) is 2. The van der Waals surface area contributed by atoms with E-state index in [-0.39, 0.29) is 6.79 Å². The first kappa shape index (κ1) is 17.7. The first-order valence-electron chi connectivity index (χ1n) is 9.01. The summed E-state index contributed by atoms with van der Waals surface area (Å²) in [6, 6.07) is 17.5. The molecule has 5 rings (SSSR count). The fourth-order valence-corrected chi connectivity index (χ4v) is 3.64. The van der Waals surface area contributed by atoms with Crippen LogP contribution in [0.5, 0.6) is 11.5 Å². The number of hydrogen-bond donors (Lipinski definition) is 0. The zero-order valence-electron chi connectivity index (χ0n) is 15.5. The molecule has 0 atom stereocenters. The van der Waals surface area contributed by atoms with E-state index < -0.39 is 0 Å². The van der Waals surface area contributed by atoms with Gasteiger partial charge in [0.2, 0.25) is 18.5 Å². The van der Waals surface area contributed by atoms with Crippen LogP contribution in [0.4, 0.5) is 0 Å². The Labute approximate surface area is 171 Å². The highest BCUT2D eigenvalue weighted by atomic mass is 32.2. The quantitative estimate of drug-likeness (QED) is 0.449. The Morgan fingerprint density at radius 1 is 0.966 bits per heavy atom. The standard InChI is InChI=1S/C21H16N4O3S/c1-13-4-2-3-5-15(13)21-22-19(28-25-21)11-29-20-9-7-16(23-24-20)14-6-8-17-18(10-14)27-12-26-17/h2-10H,11-12H2,1H3.